The predicted octanol–water partition coefficient (Wildman–Crippen LogP) is 6.36. The van der Waals surface area contributed by atoms with E-state index < -0.39 is 0 Å². The van der Waals surface area contributed by atoms with Crippen LogP contribution < -0.4 is 0 Å². The highest BCUT2D eigenvalue weighted by Gasteiger charge is 1.88. The summed E-state index contributed by atoms with van der Waals surface area (Å²) in [5.74, 6) is 0.616. The first-order valence-corrected chi connectivity index (χ1v) is 3.16. The fourth-order valence-electron chi connectivity index (χ4n) is 0.167. The van der Waals surface area contributed by atoms with Crippen LogP contribution in [0.2, 0.25) is 0 Å². The van der Waals surface area contributed by atoms with Gasteiger partial charge in [0.15, 0.2) is 0 Å². The van der Waals surface area contributed by atoms with E-state index in [1.165, 1.54) is 0 Å². The summed E-state index contributed by atoms with van der Waals surface area (Å²) in [6, 6.07) is 0. The Hall–Kier alpha value is 0.430. The maximum atomic E-state index is 6.95. The van der Waals surface area contributed by atoms with Crippen molar-refractivity contribution in [3.8, 4) is 0 Å². The smallest absolute Gasteiger partial charge is 0.0233 e. The molecule has 0 amide bonds. The van der Waals surface area contributed by atoms with Crippen molar-refractivity contribution in [2.24, 2.45) is 5.92 Å². The molecule has 0 saturated heterocycles. The lowest BCUT2D eigenvalue weighted by molar-refractivity contribution is 0.637. The Morgan fingerprint density at radius 1 is 1.00 bits per heavy atom. The second-order valence-electron chi connectivity index (χ2n) is 1.51. The van der Waals surface area contributed by atoms with Gasteiger partial charge in [-0.05, 0) is 12.1 Å². The number of hydrogen-bond acceptors (Lipinski definition) is 0. The van der Waals surface area contributed by atoms with Gasteiger partial charge in [0.05, 0.1) is 0 Å². The first kappa shape index (κ1) is 50.2. The van der Waals surface area contributed by atoms with Crippen LogP contribution >= 0.6 is 9.24 Å². The largest absolute Gasteiger partial charge is 0.137 e. The van der Waals surface area contributed by atoms with E-state index in [0.29, 0.717) is 12.8 Å². The quantitative estimate of drug-likeness (QED) is 0.472. The normalized spacial score (nSPS) is 7.69. The van der Waals surface area contributed by atoms with Gasteiger partial charge in [-0.2, -0.15) is 0 Å². The van der Waals surface area contributed by atoms with Crippen LogP contribution in [0.3, 0.4) is 0 Å². The van der Waals surface area contributed by atoms with Crippen molar-refractivity contribution in [1.29, 1.82) is 0 Å². The van der Waals surface area contributed by atoms with Crippen LogP contribution in [0, 0.1) is 5.92 Å². The Bertz CT molecular complexity index is 31.8. The predicted molar refractivity (Wildman–Crippen MR) is 81.1 cm³/mol. The average Bonchev–Trinajstić information content (AvgIpc) is 1.72. The van der Waals surface area contributed by atoms with Gasteiger partial charge in [-0.25, -0.2) is 0 Å². The van der Waals surface area contributed by atoms with Gasteiger partial charge in [0, 0.05) is 1.37 Å². The molecule has 0 aromatic heterocycles. The molecular weight excluding hydrogens is 175 g/mol. The van der Waals surface area contributed by atoms with Gasteiger partial charge in [0.1, 0.15) is 0 Å². The van der Waals surface area contributed by atoms with Gasteiger partial charge in [-0.15, -0.1) is 9.24 Å². The monoisotopic (exact) mass is 217 g/mol. The third-order valence-corrected chi connectivity index (χ3v) is 1.58. The van der Waals surface area contributed by atoms with Gasteiger partial charge in [-0.1, -0.05) is 72.2 Å². The fourth-order valence-corrected chi connectivity index (χ4v) is 0.500. The standard InChI is InChI=1S/C5H13P.7CH4/c1-3-5(2)4-6;;;;;;;/h5H,3-4,6H2,1-2H3;7*1H4/i2D;;;;;;;. The van der Waals surface area contributed by atoms with Crippen LogP contribution in [0.1, 0.15) is 73.6 Å². The summed E-state index contributed by atoms with van der Waals surface area (Å²) in [6.45, 7) is 2.71. The van der Waals surface area contributed by atoms with E-state index in [2.05, 4.69) is 16.2 Å². The molecule has 0 nitrogen and oxygen atoms in total. The zero-order valence-corrected chi connectivity index (χ0v) is 5.43. The highest BCUT2D eigenvalue weighted by Crippen LogP contribution is 2.02. The lowest BCUT2D eigenvalue weighted by Gasteiger charge is -1.98. The summed E-state index contributed by atoms with van der Waals surface area (Å²) in [5.41, 5.74) is 0. The molecule has 0 radical (unpaired) electrons. The van der Waals surface area contributed by atoms with E-state index in [0.717, 1.165) is 12.6 Å². The zero-order valence-electron chi connectivity index (χ0n) is 5.28. The molecule has 0 rings (SSSR count). The summed E-state index contributed by atoms with van der Waals surface area (Å²) in [4.78, 5) is 0. The van der Waals surface area contributed by atoms with E-state index >= 15 is 0 Å². The minimum Gasteiger partial charge on any atom is -0.137 e. The molecule has 2 atom stereocenters. The first-order valence-electron chi connectivity index (χ1n) is 3.05. The topological polar surface area (TPSA) is 0 Å². The van der Waals surface area contributed by atoms with E-state index in [9.17, 15) is 0 Å². The average molecular weight is 217 g/mol. The molecule has 1 heteroatoms. The molecule has 0 aliphatic carbocycles. The highest BCUT2D eigenvalue weighted by atomic mass is 31.0. The second kappa shape index (κ2) is 55.1. The van der Waals surface area contributed by atoms with Gasteiger partial charge in [0.2, 0.25) is 0 Å². The van der Waals surface area contributed by atoms with Gasteiger partial charge < -0.3 is 0 Å². The van der Waals surface area contributed by atoms with Crippen molar-refractivity contribution in [2.75, 3.05) is 6.16 Å². The van der Waals surface area contributed by atoms with Gasteiger partial charge in [0.25, 0.3) is 0 Å². The first-order chi connectivity index (χ1) is 3.35. The lowest BCUT2D eigenvalue weighted by atomic mass is 10.2. The van der Waals surface area contributed by atoms with Crippen molar-refractivity contribution in [3.63, 3.8) is 0 Å². The van der Waals surface area contributed by atoms with E-state index in [4.69, 9.17) is 1.37 Å². The minimum atomic E-state index is 0. The maximum Gasteiger partial charge on any atom is 0.0233 e. The fraction of sp³-hybridized carbons (Fsp3) is 1.00. The molecule has 0 bridgehead atoms. The van der Waals surface area contributed by atoms with E-state index in [-0.39, 0.29) is 52.0 Å². The third kappa shape index (κ3) is 68.9. The summed E-state index contributed by atoms with van der Waals surface area (Å²) in [7, 11) is 2.66. The Balaban J connectivity index is -0.00000000857. The molecule has 13 heavy (non-hydrogen) atoms. The molecule has 0 aromatic rings. The van der Waals surface area contributed by atoms with Crippen molar-refractivity contribution in [2.45, 2.75) is 72.2 Å². The van der Waals surface area contributed by atoms with Crippen LogP contribution in [-0.2, 0) is 0 Å². The summed E-state index contributed by atoms with van der Waals surface area (Å²) in [6.07, 6.45) is 2.23. The molecule has 0 aromatic carbocycles. The molecule has 94 valence electrons. The molecule has 0 saturated carbocycles. The summed E-state index contributed by atoms with van der Waals surface area (Å²) < 4.78 is 6.95. The van der Waals surface area contributed by atoms with Crippen LogP contribution in [0.4, 0.5) is 0 Å². The summed E-state index contributed by atoms with van der Waals surface area (Å²) >= 11 is 0. The maximum absolute atomic E-state index is 6.95. The van der Waals surface area contributed by atoms with E-state index in [1.807, 2.05) is 0 Å². The lowest BCUT2D eigenvalue weighted by Crippen LogP contribution is -1.89. The van der Waals surface area contributed by atoms with Crippen molar-refractivity contribution < 1.29 is 1.37 Å². The molecule has 0 spiro atoms. The molecule has 0 fully saturated rings. The third-order valence-electron chi connectivity index (χ3n) is 0.911. The van der Waals surface area contributed by atoms with Crippen LogP contribution in [0.5, 0.6) is 0 Å². The van der Waals surface area contributed by atoms with Crippen molar-refractivity contribution in [3.05, 3.63) is 0 Å². The second-order valence-corrected chi connectivity index (χ2v) is 1.98. The molecule has 2 unspecified atom stereocenters. The molecule has 0 aliphatic rings. The number of hydrogen-bond donors (Lipinski definition) is 0. The Labute approximate surface area is 95.5 Å². The number of rotatable bonds is 2. The van der Waals surface area contributed by atoms with Crippen molar-refractivity contribution >= 4 is 9.24 Å². The molecule has 0 aliphatic heterocycles. The van der Waals surface area contributed by atoms with Crippen LogP contribution in [-0.4, -0.2) is 6.16 Å². The molecule has 0 N–H and O–H groups in total. The zero-order chi connectivity index (χ0) is 5.70. The highest BCUT2D eigenvalue weighted by molar-refractivity contribution is 7.16. The van der Waals surface area contributed by atoms with Crippen LogP contribution in [0.15, 0.2) is 0 Å². The van der Waals surface area contributed by atoms with Crippen molar-refractivity contribution in [1.82, 2.24) is 0 Å². The Morgan fingerprint density at radius 2 is 1.31 bits per heavy atom. The minimum absolute atomic E-state index is 0. The van der Waals surface area contributed by atoms with E-state index in [1.54, 1.807) is 0 Å². The molecule has 0 heterocycles. The van der Waals surface area contributed by atoms with Gasteiger partial charge >= 0.3 is 0 Å². The Morgan fingerprint density at radius 3 is 1.31 bits per heavy atom. The van der Waals surface area contributed by atoms with Crippen LogP contribution in [0.25, 0.3) is 0 Å². The molecular formula is C12H41P. The SMILES string of the molecule is C.C.C.C.C.C.C.[2H]CC(CC)CP. The Kier molecular flexibility index (Phi) is 213. The van der Waals surface area contributed by atoms with Gasteiger partial charge in [-0.3, -0.25) is 0 Å². The summed E-state index contributed by atoms with van der Waals surface area (Å²) in [5, 5.41) is 0.